The highest BCUT2D eigenvalue weighted by atomic mass is 79.9. The van der Waals surface area contributed by atoms with Crippen LogP contribution in [0.5, 0.6) is 0 Å². The minimum absolute atomic E-state index is 0.696. The lowest BCUT2D eigenvalue weighted by atomic mass is 10.1. The van der Waals surface area contributed by atoms with Crippen molar-refractivity contribution in [1.82, 2.24) is 0 Å². The van der Waals surface area contributed by atoms with Crippen LogP contribution in [0.3, 0.4) is 0 Å². The summed E-state index contributed by atoms with van der Waals surface area (Å²) in [7, 11) is 0. The highest BCUT2D eigenvalue weighted by molar-refractivity contribution is 9.10. The Morgan fingerprint density at radius 1 is 1.21 bits per heavy atom. The third-order valence-electron chi connectivity index (χ3n) is 2.18. The van der Waals surface area contributed by atoms with Crippen LogP contribution in [-0.4, -0.2) is 0 Å². The molecule has 2 aromatic carbocycles. The molecule has 0 radical (unpaired) electrons. The lowest BCUT2D eigenvalue weighted by Crippen LogP contribution is -1.80. The van der Waals surface area contributed by atoms with E-state index < -0.39 is 0 Å². The molecule has 0 saturated carbocycles. The third kappa shape index (κ3) is 1.51. The molecular weight excluding hydrogens is 238 g/mol. The van der Waals surface area contributed by atoms with Crippen LogP contribution in [-0.2, 0) is 0 Å². The van der Waals surface area contributed by atoms with Crippen molar-refractivity contribution in [3.05, 3.63) is 45.9 Å². The number of hydrogen-bond acceptors (Lipinski definition) is 1. The Morgan fingerprint density at radius 2 is 2.00 bits per heavy atom. The van der Waals surface area contributed by atoms with Gasteiger partial charge in [-0.2, -0.15) is 5.26 Å². The van der Waals surface area contributed by atoms with E-state index in [1.54, 1.807) is 0 Å². The van der Waals surface area contributed by atoms with Gasteiger partial charge in [-0.1, -0.05) is 28.1 Å². The van der Waals surface area contributed by atoms with E-state index in [0.717, 1.165) is 15.2 Å². The van der Waals surface area contributed by atoms with E-state index in [1.165, 1.54) is 5.56 Å². The molecule has 1 nitrogen and oxygen atoms in total. The standard InChI is InChI=1S/C12H8BrN/c1-8-4-10-3-2-9(7-14)6-11(10)12(13)5-8/h2-6H,1H3. The van der Waals surface area contributed by atoms with E-state index in [-0.39, 0.29) is 0 Å². The molecule has 0 aliphatic heterocycles. The summed E-state index contributed by atoms with van der Waals surface area (Å²) in [5.74, 6) is 0. The monoisotopic (exact) mass is 245 g/mol. The normalized spacial score (nSPS) is 10.1. The Hall–Kier alpha value is -1.33. The van der Waals surface area contributed by atoms with Crippen molar-refractivity contribution < 1.29 is 0 Å². The maximum absolute atomic E-state index is 8.78. The van der Waals surface area contributed by atoms with Crippen molar-refractivity contribution in [2.45, 2.75) is 6.92 Å². The van der Waals surface area contributed by atoms with Gasteiger partial charge >= 0.3 is 0 Å². The number of halogens is 1. The van der Waals surface area contributed by atoms with Crippen LogP contribution < -0.4 is 0 Å². The van der Waals surface area contributed by atoms with Crippen molar-refractivity contribution in [2.24, 2.45) is 0 Å². The number of benzene rings is 2. The molecule has 0 saturated heterocycles. The summed E-state index contributed by atoms with van der Waals surface area (Å²) in [5, 5.41) is 11.0. The first-order valence-electron chi connectivity index (χ1n) is 4.31. The predicted molar refractivity (Wildman–Crippen MR) is 61.1 cm³/mol. The second-order valence-corrected chi connectivity index (χ2v) is 4.15. The minimum atomic E-state index is 0.696. The predicted octanol–water partition coefficient (Wildman–Crippen LogP) is 3.78. The first-order chi connectivity index (χ1) is 6.70. The van der Waals surface area contributed by atoms with Crippen LogP contribution >= 0.6 is 15.9 Å². The number of rotatable bonds is 0. The van der Waals surface area contributed by atoms with Crippen molar-refractivity contribution >= 4 is 26.7 Å². The van der Waals surface area contributed by atoms with Gasteiger partial charge in [-0.25, -0.2) is 0 Å². The van der Waals surface area contributed by atoms with Gasteiger partial charge in [0.25, 0.3) is 0 Å². The molecule has 0 spiro atoms. The third-order valence-corrected chi connectivity index (χ3v) is 2.83. The van der Waals surface area contributed by atoms with Crippen LogP contribution in [0.2, 0.25) is 0 Å². The fourth-order valence-corrected chi connectivity index (χ4v) is 2.23. The van der Waals surface area contributed by atoms with Gasteiger partial charge in [-0.15, -0.1) is 0 Å². The van der Waals surface area contributed by atoms with Crippen molar-refractivity contribution in [1.29, 1.82) is 5.26 Å². The molecular formula is C12H8BrN. The molecule has 0 aromatic heterocycles. The molecule has 0 heterocycles. The van der Waals surface area contributed by atoms with Gasteiger partial charge < -0.3 is 0 Å². The first kappa shape index (κ1) is 9.23. The average molecular weight is 246 g/mol. The maximum Gasteiger partial charge on any atom is 0.0991 e. The fraction of sp³-hybridized carbons (Fsp3) is 0.0833. The first-order valence-corrected chi connectivity index (χ1v) is 5.10. The molecule has 0 unspecified atom stereocenters. The van der Waals surface area contributed by atoms with Gasteiger partial charge in [0.05, 0.1) is 11.6 Å². The molecule has 68 valence electrons. The van der Waals surface area contributed by atoms with Gasteiger partial charge in [0, 0.05) is 4.47 Å². The van der Waals surface area contributed by atoms with E-state index in [4.69, 9.17) is 5.26 Å². The van der Waals surface area contributed by atoms with Gasteiger partial charge in [0.1, 0.15) is 0 Å². The number of fused-ring (bicyclic) bond motifs is 1. The maximum atomic E-state index is 8.78. The molecule has 2 aromatic rings. The lowest BCUT2D eigenvalue weighted by molar-refractivity contribution is 1.47. The molecule has 0 aliphatic carbocycles. The van der Waals surface area contributed by atoms with Gasteiger partial charge in [-0.3, -0.25) is 0 Å². The molecule has 0 aliphatic rings. The summed E-state index contributed by atoms with van der Waals surface area (Å²) in [5.41, 5.74) is 1.91. The second kappa shape index (κ2) is 3.43. The summed E-state index contributed by atoms with van der Waals surface area (Å²) in [4.78, 5) is 0. The van der Waals surface area contributed by atoms with Crippen molar-refractivity contribution in [2.75, 3.05) is 0 Å². The van der Waals surface area contributed by atoms with Crippen LogP contribution in [0.15, 0.2) is 34.8 Å². The second-order valence-electron chi connectivity index (χ2n) is 3.29. The Labute approximate surface area is 91.1 Å². The lowest BCUT2D eigenvalue weighted by Gasteiger charge is -2.02. The molecule has 0 atom stereocenters. The van der Waals surface area contributed by atoms with Gasteiger partial charge in [0.15, 0.2) is 0 Å². The van der Waals surface area contributed by atoms with Crippen LogP contribution in [0.4, 0.5) is 0 Å². The Bertz CT molecular complexity index is 538. The summed E-state index contributed by atoms with van der Waals surface area (Å²) in [6.45, 7) is 2.06. The van der Waals surface area contributed by atoms with Crippen LogP contribution in [0.1, 0.15) is 11.1 Å². The zero-order valence-electron chi connectivity index (χ0n) is 7.71. The summed E-state index contributed by atoms with van der Waals surface area (Å²) in [6.07, 6.45) is 0. The highest BCUT2D eigenvalue weighted by Crippen LogP contribution is 2.26. The zero-order valence-corrected chi connectivity index (χ0v) is 9.30. The largest absolute Gasteiger partial charge is 0.192 e. The molecule has 0 N–H and O–H groups in total. The van der Waals surface area contributed by atoms with E-state index in [1.807, 2.05) is 18.2 Å². The topological polar surface area (TPSA) is 23.8 Å². The number of nitriles is 1. The molecule has 0 fully saturated rings. The molecule has 0 amide bonds. The smallest absolute Gasteiger partial charge is 0.0991 e. The Balaban J connectivity index is 2.84. The Kier molecular flexibility index (Phi) is 2.26. The van der Waals surface area contributed by atoms with E-state index >= 15 is 0 Å². The number of hydrogen-bond donors (Lipinski definition) is 0. The summed E-state index contributed by atoms with van der Waals surface area (Å²) in [6, 6.07) is 12.0. The van der Waals surface area contributed by atoms with E-state index in [9.17, 15) is 0 Å². The van der Waals surface area contributed by atoms with E-state index in [0.29, 0.717) is 5.56 Å². The average Bonchev–Trinajstić information content (AvgIpc) is 2.17. The van der Waals surface area contributed by atoms with Crippen LogP contribution in [0.25, 0.3) is 10.8 Å². The minimum Gasteiger partial charge on any atom is -0.192 e. The number of aryl methyl sites for hydroxylation is 1. The SMILES string of the molecule is Cc1cc(Br)c2cc(C#N)ccc2c1. The van der Waals surface area contributed by atoms with Crippen LogP contribution in [0, 0.1) is 18.3 Å². The van der Waals surface area contributed by atoms with Gasteiger partial charge in [-0.05, 0) is 41.5 Å². The zero-order chi connectivity index (χ0) is 10.1. The summed E-state index contributed by atoms with van der Waals surface area (Å²) >= 11 is 3.50. The molecule has 14 heavy (non-hydrogen) atoms. The van der Waals surface area contributed by atoms with Gasteiger partial charge in [0.2, 0.25) is 0 Å². The van der Waals surface area contributed by atoms with Crippen molar-refractivity contribution in [3.63, 3.8) is 0 Å². The summed E-state index contributed by atoms with van der Waals surface area (Å²) < 4.78 is 1.05. The quantitative estimate of drug-likeness (QED) is 0.693. The molecule has 2 heteroatoms. The number of nitrogens with zero attached hydrogens (tertiary/aromatic N) is 1. The van der Waals surface area contributed by atoms with E-state index in [2.05, 4.69) is 41.1 Å². The highest BCUT2D eigenvalue weighted by Gasteiger charge is 2.00. The fourth-order valence-electron chi connectivity index (χ4n) is 1.52. The van der Waals surface area contributed by atoms with Crippen molar-refractivity contribution in [3.8, 4) is 6.07 Å². The molecule has 0 bridgehead atoms. The Morgan fingerprint density at radius 3 is 2.71 bits per heavy atom. The molecule has 2 rings (SSSR count).